The molecule has 2 nitrogen and oxygen atoms in total. The second-order valence-corrected chi connectivity index (χ2v) is 8.18. The molecule has 0 spiro atoms. The highest BCUT2D eigenvalue weighted by atomic mass is 16.5. The zero-order valence-corrected chi connectivity index (χ0v) is 16.5. The summed E-state index contributed by atoms with van der Waals surface area (Å²) in [5, 5.41) is 0. The van der Waals surface area contributed by atoms with Crippen LogP contribution >= 0.6 is 0 Å². The molecule has 0 saturated heterocycles. The van der Waals surface area contributed by atoms with Crippen LogP contribution in [0.15, 0.2) is 48.5 Å². The van der Waals surface area contributed by atoms with Crippen molar-refractivity contribution in [1.29, 1.82) is 0 Å². The summed E-state index contributed by atoms with van der Waals surface area (Å²) >= 11 is 0. The molecule has 0 fully saturated rings. The van der Waals surface area contributed by atoms with Crippen LogP contribution in [0.4, 0.5) is 0 Å². The van der Waals surface area contributed by atoms with Crippen molar-refractivity contribution >= 4 is 0 Å². The topological polar surface area (TPSA) is 18.5 Å². The third kappa shape index (κ3) is 4.62. The van der Waals surface area contributed by atoms with Crippen LogP contribution in [0.1, 0.15) is 60.8 Å². The predicted octanol–water partition coefficient (Wildman–Crippen LogP) is 5.48. The van der Waals surface area contributed by atoms with E-state index >= 15 is 0 Å². The summed E-state index contributed by atoms with van der Waals surface area (Å²) in [7, 11) is 0. The second kappa shape index (κ2) is 9.03. The van der Waals surface area contributed by atoms with Crippen LogP contribution in [-0.4, -0.2) is 25.4 Å². The third-order valence-corrected chi connectivity index (χ3v) is 6.26. The fourth-order valence-corrected chi connectivity index (χ4v) is 4.64. The smallest absolute Gasteiger partial charge is 0.0681 e. The Balaban J connectivity index is 1.04. The van der Waals surface area contributed by atoms with Crippen molar-refractivity contribution < 1.29 is 9.47 Å². The average Bonchev–Trinajstić information content (AvgIpc) is 3.25. The number of fused-ring (bicyclic) bond motifs is 2. The molecule has 2 atom stereocenters. The van der Waals surface area contributed by atoms with Gasteiger partial charge in [0.1, 0.15) is 0 Å². The lowest BCUT2D eigenvalue weighted by atomic mass is 10.0. The number of rotatable bonds is 9. The van der Waals surface area contributed by atoms with Crippen LogP contribution in [0, 0.1) is 0 Å². The summed E-state index contributed by atoms with van der Waals surface area (Å²) in [6, 6.07) is 17.5. The zero-order chi connectivity index (χ0) is 18.5. The number of unbranched alkanes of at least 4 members (excludes halogenated alkanes) is 3. The van der Waals surface area contributed by atoms with Gasteiger partial charge in [-0.15, -0.1) is 0 Å². The lowest BCUT2D eigenvalue weighted by Crippen LogP contribution is -2.17. The molecule has 2 aliphatic rings. The summed E-state index contributed by atoms with van der Waals surface area (Å²) < 4.78 is 12.3. The highest BCUT2D eigenvalue weighted by Crippen LogP contribution is 2.34. The Hall–Kier alpha value is -1.64. The van der Waals surface area contributed by atoms with E-state index in [0.29, 0.717) is 18.1 Å². The molecule has 0 saturated carbocycles. The summed E-state index contributed by atoms with van der Waals surface area (Å²) in [5.74, 6) is 0.533. The van der Waals surface area contributed by atoms with E-state index in [1.165, 1.54) is 35.1 Å². The average molecular weight is 365 g/mol. The highest BCUT2D eigenvalue weighted by molar-refractivity contribution is 5.36. The van der Waals surface area contributed by atoms with Gasteiger partial charge in [0.15, 0.2) is 0 Å². The number of hydrogen-bond acceptors (Lipinski definition) is 2. The molecular formula is C25H32O2. The molecule has 0 aliphatic heterocycles. The maximum atomic E-state index is 6.19. The van der Waals surface area contributed by atoms with Crippen LogP contribution < -0.4 is 0 Å². The summed E-state index contributed by atoms with van der Waals surface area (Å²) in [6.07, 6.45) is 8.83. The van der Waals surface area contributed by atoms with Crippen LogP contribution in [-0.2, 0) is 28.7 Å². The molecule has 144 valence electrons. The van der Waals surface area contributed by atoms with Crippen molar-refractivity contribution in [2.24, 2.45) is 0 Å². The first-order chi connectivity index (χ1) is 13.3. The number of benzene rings is 2. The van der Waals surface area contributed by atoms with E-state index < -0.39 is 0 Å². The van der Waals surface area contributed by atoms with Crippen molar-refractivity contribution in [3.8, 4) is 0 Å². The normalized spacial score (nSPS) is 21.4. The summed E-state index contributed by atoms with van der Waals surface area (Å²) in [6.45, 7) is 4.09. The van der Waals surface area contributed by atoms with E-state index in [1.54, 1.807) is 0 Å². The second-order valence-electron chi connectivity index (χ2n) is 8.18. The number of hydrogen-bond donors (Lipinski definition) is 0. The fraction of sp³-hybridized carbons (Fsp3) is 0.520. The van der Waals surface area contributed by atoms with Gasteiger partial charge in [0.2, 0.25) is 0 Å². The Bertz CT molecular complexity index is 714. The highest BCUT2D eigenvalue weighted by Gasteiger charge is 2.29. The Morgan fingerprint density at radius 2 is 1.30 bits per heavy atom. The quantitative estimate of drug-likeness (QED) is 0.549. The number of ether oxygens (including phenoxy) is 2. The minimum Gasteiger partial charge on any atom is -0.378 e. The Morgan fingerprint density at radius 3 is 1.96 bits per heavy atom. The molecule has 2 heteroatoms. The zero-order valence-electron chi connectivity index (χ0n) is 16.5. The Morgan fingerprint density at radius 1 is 0.704 bits per heavy atom. The molecule has 0 amide bonds. The van der Waals surface area contributed by atoms with Crippen LogP contribution in [0.2, 0.25) is 0 Å². The van der Waals surface area contributed by atoms with Crippen molar-refractivity contribution in [3.05, 3.63) is 70.8 Å². The first-order valence-electron chi connectivity index (χ1n) is 10.7. The van der Waals surface area contributed by atoms with Crippen molar-refractivity contribution in [2.75, 3.05) is 13.2 Å². The minimum atomic E-state index is 0.370. The lowest BCUT2D eigenvalue weighted by molar-refractivity contribution is 0.0414. The van der Waals surface area contributed by atoms with Gasteiger partial charge in [0, 0.05) is 19.1 Å². The molecule has 0 bridgehead atoms. The van der Waals surface area contributed by atoms with Crippen molar-refractivity contribution in [2.45, 2.75) is 70.0 Å². The van der Waals surface area contributed by atoms with Gasteiger partial charge in [0.05, 0.1) is 12.2 Å². The molecule has 0 N–H and O–H groups in total. The van der Waals surface area contributed by atoms with E-state index in [1.807, 2.05) is 0 Å². The molecule has 0 heterocycles. The summed E-state index contributed by atoms with van der Waals surface area (Å²) in [4.78, 5) is 0. The van der Waals surface area contributed by atoms with E-state index in [0.717, 1.165) is 45.3 Å². The fourth-order valence-electron chi connectivity index (χ4n) is 4.64. The lowest BCUT2D eigenvalue weighted by Gasteiger charge is -2.17. The van der Waals surface area contributed by atoms with Crippen LogP contribution in [0.5, 0.6) is 0 Å². The molecule has 0 aromatic heterocycles. The van der Waals surface area contributed by atoms with Gasteiger partial charge in [-0.3, -0.25) is 0 Å². The standard InChI is InChI=1S/C25H32O2/c1-19-24-13-7-6-12-22(24)18-25(19)27-15-9-3-2-8-14-26-23-16-20-10-4-5-11-21(20)17-23/h4-7,10-13,19,23,25H,2-3,8-9,14-18H2,1H3/t19-,25+/m0/s1. The van der Waals surface area contributed by atoms with E-state index in [9.17, 15) is 0 Å². The first kappa shape index (κ1) is 18.7. The van der Waals surface area contributed by atoms with Crippen LogP contribution in [0.3, 0.4) is 0 Å². The summed E-state index contributed by atoms with van der Waals surface area (Å²) in [5.41, 5.74) is 5.90. The van der Waals surface area contributed by atoms with Gasteiger partial charge in [-0.2, -0.15) is 0 Å². The maximum absolute atomic E-state index is 6.19. The molecule has 2 aliphatic carbocycles. The maximum Gasteiger partial charge on any atom is 0.0681 e. The molecular weight excluding hydrogens is 332 g/mol. The SMILES string of the molecule is C[C@H]1c2ccccc2C[C@H]1OCCCCCCOC1Cc2ccccc2C1. The first-order valence-corrected chi connectivity index (χ1v) is 10.7. The predicted molar refractivity (Wildman–Crippen MR) is 110 cm³/mol. The van der Waals surface area contributed by atoms with E-state index in [-0.39, 0.29) is 0 Å². The molecule has 27 heavy (non-hydrogen) atoms. The Kier molecular flexibility index (Phi) is 6.26. The minimum absolute atomic E-state index is 0.370. The third-order valence-electron chi connectivity index (χ3n) is 6.26. The van der Waals surface area contributed by atoms with Crippen LogP contribution in [0.25, 0.3) is 0 Å². The largest absolute Gasteiger partial charge is 0.378 e. The van der Waals surface area contributed by atoms with Gasteiger partial charge in [-0.1, -0.05) is 68.3 Å². The van der Waals surface area contributed by atoms with Gasteiger partial charge < -0.3 is 9.47 Å². The monoisotopic (exact) mass is 364 g/mol. The van der Waals surface area contributed by atoms with Gasteiger partial charge in [0.25, 0.3) is 0 Å². The molecule has 2 aromatic rings. The van der Waals surface area contributed by atoms with Crippen molar-refractivity contribution in [3.63, 3.8) is 0 Å². The van der Waals surface area contributed by atoms with E-state index in [2.05, 4.69) is 55.5 Å². The van der Waals surface area contributed by atoms with Gasteiger partial charge >= 0.3 is 0 Å². The Labute approximate surface area is 163 Å². The molecule has 0 radical (unpaired) electrons. The van der Waals surface area contributed by atoms with Gasteiger partial charge in [-0.25, -0.2) is 0 Å². The van der Waals surface area contributed by atoms with Crippen molar-refractivity contribution in [1.82, 2.24) is 0 Å². The van der Waals surface area contributed by atoms with E-state index in [4.69, 9.17) is 9.47 Å². The molecule has 2 aromatic carbocycles. The molecule has 0 unspecified atom stereocenters. The van der Waals surface area contributed by atoms with Gasteiger partial charge in [-0.05, 0) is 54.4 Å². The molecule has 4 rings (SSSR count).